The van der Waals surface area contributed by atoms with E-state index in [0.29, 0.717) is 0 Å². The molecule has 17 heavy (non-hydrogen) atoms. The molecule has 1 atom stereocenters. The van der Waals surface area contributed by atoms with Gasteiger partial charge in [-0.25, -0.2) is 0 Å². The van der Waals surface area contributed by atoms with E-state index in [0.717, 1.165) is 0 Å². The van der Waals surface area contributed by atoms with Gasteiger partial charge in [0.2, 0.25) is 0 Å². The number of para-hydroxylation sites is 1. The second-order valence-electron chi connectivity index (χ2n) is 3.37. The number of amides is 1. The minimum absolute atomic E-state index is 0.0603. The number of halogens is 3. The first-order valence-electron chi connectivity index (χ1n) is 4.97. The SMILES string of the molecule is CC(Cl)CNC(=O)c1ccccc1OC(F)F. The maximum Gasteiger partial charge on any atom is 0.387 e. The zero-order chi connectivity index (χ0) is 12.8. The van der Waals surface area contributed by atoms with Crippen LogP contribution in [0.2, 0.25) is 0 Å². The monoisotopic (exact) mass is 263 g/mol. The molecule has 0 aliphatic carbocycles. The molecule has 0 bridgehead atoms. The number of ether oxygens (including phenoxy) is 1. The third kappa shape index (κ3) is 4.56. The standard InChI is InChI=1S/C11H12ClF2NO2/c1-7(12)6-15-10(16)8-4-2-3-5-9(8)17-11(13)14/h2-5,7,11H,6H2,1H3,(H,15,16). The molecule has 0 saturated carbocycles. The van der Waals surface area contributed by atoms with Gasteiger partial charge >= 0.3 is 6.61 Å². The van der Waals surface area contributed by atoms with Crippen molar-refractivity contribution in [1.29, 1.82) is 0 Å². The predicted molar refractivity (Wildman–Crippen MR) is 60.7 cm³/mol. The summed E-state index contributed by atoms with van der Waals surface area (Å²) >= 11 is 5.67. The Bertz CT molecular complexity index is 385. The van der Waals surface area contributed by atoms with Crippen molar-refractivity contribution in [2.24, 2.45) is 0 Å². The number of hydrogen-bond acceptors (Lipinski definition) is 2. The van der Waals surface area contributed by atoms with Crippen molar-refractivity contribution < 1.29 is 18.3 Å². The maximum atomic E-state index is 12.1. The highest BCUT2D eigenvalue weighted by molar-refractivity contribution is 6.20. The number of hydrogen-bond donors (Lipinski definition) is 1. The molecule has 1 amide bonds. The fourth-order valence-electron chi connectivity index (χ4n) is 1.18. The second-order valence-corrected chi connectivity index (χ2v) is 4.11. The van der Waals surface area contributed by atoms with Crippen LogP contribution in [0.4, 0.5) is 8.78 Å². The Kier molecular flexibility index (Phi) is 5.15. The quantitative estimate of drug-likeness (QED) is 0.830. The van der Waals surface area contributed by atoms with Crippen LogP contribution < -0.4 is 10.1 Å². The summed E-state index contributed by atoms with van der Waals surface area (Å²) < 4.78 is 28.5. The average molecular weight is 264 g/mol. The zero-order valence-corrected chi connectivity index (χ0v) is 9.88. The van der Waals surface area contributed by atoms with Crippen LogP contribution in [-0.2, 0) is 0 Å². The van der Waals surface area contributed by atoms with Crippen molar-refractivity contribution in [3.05, 3.63) is 29.8 Å². The van der Waals surface area contributed by atoms with Gasteiger partial charge in [-0.2, -0.15) is 8.78 Å². The van der Waals surface area contributed by atoms with Gasteiger partial charge in [-0.15, -0.1) is 11.6 Å². The van der Waals surface area contributed by atoms with E-state index in [1.165, 1.54) is 18.2 Å². The summed E-state index contributed by atoms with van der Waals surface area (Å²) in [6.45, 7) is -0.997. The van der Waals surface area contributed by atoms with Crippen LogP contribution in [0.5, 0.6) is 5.75 Å². The summed E-state index contributed by atoms with van der Waals surface area (Å²) in [4.78, 5) is 11.7. The van der Waals surface area contributed by atoms with Crippen molar-refractivity contribution in [2.45, 2.75) is 18.9 Å². The molecule has 1 rings (SSSR count). The van der Waals surface area contributed by atoms with Gasteiger partial charge in [-0.05, 0) is 19.1 Å². The Morgan fingerprint density at radius 2 is 2.12 bits per heavy atom. The molecule has 94 valence electrons. The lowest BCUT2D eigenvalue weighted by molar-refractivity contribution is -0.0501. The van der Waals surface area contributed by atoms with E-state index < -0.39 is 12.5 Å². The molecule has 0 radical (unpaired) electrons. The normalized spacial score (nSPS) is 12.3. The molecular weight excluding hydrogens is 252 g/mol. The van der Waals surface area contributed by atoms with Crippen LogP contribution in [0.25, 0.3) is 0 Å². The van der Waals surface area contributed by atoms with Crippen molar-refractivity contribution in [3.63, 3.8) is 0 Å². The van der Waals surface area contributed by atoms with Gasteiger partial charge in [-0.3, -0.25) is 4.79 Å². The molecule has 0 fully saturated rings. The highest BCUT2D eigenvalue weighted by Crippen LogP contribution is 2.19. The van der Waals surface area contributed by atoms with Crippen LogP contribution >= 0.6 is 11.6 Å². The summed E-state index contributed by atoms with van der Waals surface area (Å²) in [6, 6.07) is 5.80. The minimum atomic E-state index is -2.96. The lowest BCUT2D eigenvalue weighted by atomic mass is 10.2. The number of carbonyl (C=O) groups excluding carboxylic acids is 1. The molecule has 0 spiro atoms. The van der Waals surface area contributed by atoms with E-state index in [2.05, 4.69) is 10.1 Å². The van der Waals surface area contributed by atoms with E-state index in [1.807, 2.05) is 0 Å². The molecular formula is C11H12ClF2NO2. The van der Waals surface area contributed by atoms with Gasteiger partial charge in [0.05, 0.1) is 5.56 Å². The van der Waals surface area contributed by atoms with Crippen LogP contribution in [0.3, 0.4) is 0 Å². The summed E-state index contributed by atoms with van der Waals surface area (Å²) in [5.74, 6) is -0.643. The van der Waals surface area contributed by atoms with E-state index in [-0.39, 0.29) is 23.2 Å². The van der Waals surface area contributed by atoms with Crippen LogP contribution in [0.15, 0.2) is 24.3 Å². The van der Waals surface area contributed by atoms with Gasteiger partial charge in [-0.1, -0.05) is 12.1 Å². The molecule has 1 aromatic carbocycles. The number of nitrogens with one attached hydrogen (secondary N) is 1. The lowest BCUT2D eigenvalue weighted by Crippen LogP contribution is -2.29. The molecule has 1 N–H and O–H groups in total. The molecule has 3 nitrogen and oxygen atoms in total. The summed E-state index contributed by atoms with van der Waals surface area (Å²) in [7, 11) is 0. The third-order valence-electron chi connectivity index (χ3n) is 1.89. The second kappa shape index (κ2) is 6.39. The van der Waals surface area contributed by atoms with Gasteiger partial charge in [0, 0.05) is 11.9 Å². The average Bonchev–Trinajstić information content (AvgIpc) is 2.25. The first-order chi connectivity index (χ1) is 8.00. The molecule has 1 aromatic rings. The molecule has 1 unspecified atom stereocenters. The molecule has 0 aromatic heterocycles. The topological polar surface area (TPSA) is 38.3 Å². The maximum absolute atomic E-state index is 12.1. The van der Waals surface area contributed by atoms with Crippen molar-refractivity contribution in [2.75, 3.05) is 6.54 Å². The summed E-state index contributed by atoms with van der Waals surface area (Å²) in [5.41, 5.74) is 0.0603. The highest BCUT2D eigenvalue weighted by atomic mass is 35.5. The van der Waals surface area contributed by atoms with E-state index in [4.69, 9.17) is 11.6 Å². The number of rotatable bonds is 5. The zero-order valence-electron chi connectivity index (χ0n) is 9.12. The third-order valence-corrected chi connectivity index (χ3v) is 2.05. The first kappa shape index (κ1) is 13.7. The molecule has 0 aliphatic rings. The van der Waals surface area contributed by atoms with Gasteiger partial charge in [0.1, 0.15) is 5.75 Å². The predicted octanol–water partition coefficient (Wildman–Crippen LogP) is 2.65. The Labute approximate surface area is 103 Å². The van der Waals surface area contributed by atoms with E-state index >= 15 is 0 Å². The van der Waals surface area contributed by atoms with Gasteiger partial charge in [0.25, 0.3) is 5.91 Å². The smallest absolute Gasteiger partial charge is 0.387 e. The summed E-state index contributed by atoms with van der Waals surface area (Å²) in [5, 5.41) is 2.28. The minimum Gasteiger partial charge on any atom is -0.434 e. The molecule has 0 saturated heterocycles. The van der Waals surface area contributed by atoms with Crippen molar-refractivity contribution in [1.82, 2.24) is 5.32 Å². The Balaban J connectivity index is 2.78. The number of carbonyl (C=O) groups is 1. The largest absolute Gasteiger partial charge is 0.434 e. The Morgan fingerprint density at radius 1 is 1.47 bits per heavy atom. The van der Waals surface area contributed by atoms with Crippen LogP contribution in [-0.4, -0.2) is 24.4 Å². The Morgan fingerprint density at radius 3 is 2.71 bits per heavy atom. The van der Waals surface area contributed by atoms with Gasteiger partial charge < -0.3 is 10.1 Å². The highest BCUT2D eigenvalue weighted by Gasteiger charge is 2.15. The Hall–Kier alpha value is -1.36. The number of benzene rings is 1. The number of alkyl halides is 3. The first-order valence-corrected chi connectivity index (χ1v) is 5.40. The van der Waals surface area contributed by atoms with E-state index in [9.17, 15) is 13.6 Å². The fraction of sp³-hybridized carbons (Fsp3) is 0.364. The van der Waals surface area contributed by atoms with Crippen LogP contribution in [0, 0.1) is 0 Å². The lowest BCUT2D eigenvalue weighted by Gasteiger charge is -2.11. The van der Waals surface area contributed by atoms with Crippen LogP contribution in [0.1, 0.15) is 17.3 Å². The summed E-state index contributed by atoms with van der Waals surface area (Å²) in [6.07, 6.45) is 0. The fourth-order valence-corrected chi connectivity index (χ4v) is 1.26. The molecule has 0 aliphatic heterocycles. The van der Waals surface area contributed by atoms with Crippen molar-refractivity contribution >= 4 is 17.5 Å². The van der Waals surface area contributed by atoms with Crippen molar-refractivity contribution in [3.8, 4) is 5.75 Å². The van der Waals surface area contributed by atoms with E-state index in [1.54, 1.807) is 13.0 Å². The molecule has 6 heteroatoms. The van der Waals surface area contributed by atoms with Gasteiger partial charge in [0.15, 0.2) is 0 Å². The molecule has 0 heterocycles.